The molecule has 0 amide bonds. The quantitative estimate of drug-likeness (QED) is 0.782. The van der Waals surface area contributed by atoms with Gasteiger partial charge in [0.1, 0.15) is 5.75 Å². The van der Waals surface area contributed by atoms with E-state index in [0.29, 0.717) is 24.0 Å². The van der Waals surface area contributed by atoms with Crippen LogP contribution in [0.15, 0.2) is 22.7 Å². The van der Waals surface area contributed by atoms with Crippen LogP contribution in [0.25, 0.3) is 0 Å². The van der Waals surface area contributed by atoms with E-state index in [-0.39, 0.29) is 12.4 Å². The zero-order chi connectivity index (χ0) is 12.0. The predicted molar refractivity (Wildman–Crippen MR) is 65.9 cm³/mol. The number of carbonyl (C=O) groups is 1. The molecule has 0 radical (unpaired) electrons. The molecule has 1 aromatic carbocycles. The minimum atomic E-state index is -0.257. The summed E-state index contributed by atoms with van der Waals surface area (Å²) in [6.07, 6.45) is 0.239. The molecule has 0 spiro atoms. The zero-order valence-electron chi connectivity index (χ0n) is 8.83. The maximum atomic E-state index is 11.0. The van der Waals surface area contributed by atoms with Crippen molar-refractivity contribution in [2.75, 3.05) is 13.2 Å². The molecule has 0 aliphatic heterocycles. The number of esters is 1. The lowest BCUT2D eigenvalue weighted by molar-refractivity contribution is -0.143. The second-order valence-electron chi connectivity index (χ2n) is 2.98. The second-order valence-corrected chi connectivity index (χ2v) is 4.27. The Kier molecular flexibility index (Phi) is 5.63. The highest BCUT2D eigenvalue weighted by atomic mass is 79.9. The van der Waals surface area contributed by atoms with Gasteiger partial charge in [0.25, 0.3) is 0 Å². The van der Waals surface area contributed by atoms with Gasteiger partial charge in [-0.25, -0.2) is 0 Å². The number of halogens is 2. The number of ether oxygens (including phenoxy) is 2. The largest absolute Gasteiger partial charge is 0.492 e. The van der Waals surface area contributed by atoms with Gasteiger partial charge in [0.15, 0.2) is 0 Å². The van der Waals surface area contributed by atoms with E-state index in [9.17, 15) is 4.79 Å². The minimum Gasteiger partial charge on any atom is -0.492 e. The van der Waals surface area contributed by atoms with Crippen molar-refractivity contribution in [2.24, 2.45) is 0 Å². The molecule has 0 aromatic heterocycles. The summed E-state index contributed by atoms with van der Waals surface area (Å²) in [4.78, 5) is 11.0. The number of hydrogen-bond donors (Lipinski definition) is 0. The van der Waals surface area contributed by atoms with Gasteiger partial charge in [-0.2, -0.15) is 0 Å². The molecule has 0 atom stereocenters. The van der Waals surface area contributed by atoms with Gasteiger partial charge in [-0.05, 0) is 41.1 Å². The fourth-order valence-corrected chi connectivity index (χ4v) is 1.87. The lowest BCUT2D eigenvalue weighted by Crippen LogP contribution is -2.09. The molecule has 1 rings (SSSR count). The van der Waals surface area contributed by atoms with Gasteiger partial charge in [0.2, 0.25) is 0 Å². The standard InChI is InChI=1S/C11H12BrClO3/c1-2-15-11(14)5-6-16-10-4-3-8(13)7-9(10)12/h3-4,7H,2,5-6H2,1H3. The van der Waals surface area contributed by atoms with Crippen molar-refractivity contribution >= 4 is 33.5 Å². The number of hydrogen-bond acceptors (Lipinski definition) is 3. The number of benzene rings is 1. The van der Waals surface area contributed by atoms with Crippen LogP contribution >= 0.6 is 27.5 Å². The van der Waals surface area contributed by atoms with Gasteiger partial charge in [-0.3, -0.25) is 4.79 Å². The Balaban J connectivity index is 2.40. The zero-order valence-corrected chi connectivity index (χ0v) is 11.2. The first-order valence-corrected chi connectivity index (χ1v) is 6.04. The van der Waals surface area contributed by atoms with Gasteiger partial charge in [0.05, 0.1) is 24.1 Å². The number of carbonyl (C=O) groups excluding carboxylic acids is 1. The van der Waals surface area contributed by atoms with E-state index < -0.39 is 0 Å². The summed E-state index contributed by atoms with van der Waals surface area (Å²) in [7, 11) is 0. The van der Waals surface area contributed by atoms with Crippen LogP contribution in [0.5, 0.6) is 5.75 Å². The van der Waals surface area contributed by atoms with E-state index in [0.717, 1.165) is 4.47 Å². The maximum Gasteiger partial charge on any atom is 0.309 e. The minimum absolute atomic E-state index is 0.239. The topological polar surface area (TPSA) is 35.5 Å². The molecule has 16 heavy (non-hydrogen) atoms. The van der Waals surface area contributed by atoms with Gasteiger partial charge in [-0.1, -0.05) is 11.6 Å². The molecule has 88 valence electrons. The van der Waals surface area contributed by atoms with Crippen LogP contribution in [0, 0.1) is 0 Å². The van der Waals surface area contributed by atoms with Crippen molar-refractivity contribution in [1.82, 2.24) is 0 Å². The van der Waals surface area contributed by atoms with Crippen molar-refractivity contribution in [3.63, 3.8) is 0 Å². The summed E-state index contributed by atoms with van der Waals surface area (Å²) in [5, 5.41) is 0.629. The van der Waals surface area contributed by atoms with Crippen molar-refractivity contribution < 1.29 is 14.3 Å². The van der Waals surface area contributed by atoms with Crippen molar-refractivity contribution in [2.45, 2.75) is 13.3 Å². The summed E-state index contributed by atoms with van der Waals surface area (Å²) < 4.78 is 10.9. The third kappa shape index (κ3) is 4.41. The summed E-state index contributed by atoms with van der Waals surface area (Å²) in [6.45, 7) is 2.46. The molecule has 0 saturated carbocycles. The van der Waals surface area contributed by atoms with E-state index in [1.807, 2.05) is 0 Å². The van der Waals surface area contributed by atoms with E-state index in [1.54, 1.807) is 25.1 Å². The summed E-state index contributed by atoms with van der Waals surface area (Å²) >= 11 is 9.10. The first kappa shape index (κ1) is 13.3. The third-order valence-electron chi connectivity index (χ3n) is 1.76. The Morgan fingerprint density at radius 2 is 2.25 bits per heavy atom. The predicted octanol–water partition coefficient (Wildman–Crippen LogP) is 3.43. The molecular formula is C11H12BrClO3. The molecule has 1 aromatic rings. The van der Waals surface area contributed by atoms with Crippen LogP contribution in [0.3, 0.4) is 0 Å². The summed E-state index contributed by atoms with van der Waals surface area (Å²) in [5.41, 5.74) is 0. The molecule has 0 fully saturated rings. The van der Waals surface area contributed by atoms with Crippen LogP contribution in [0.2, 0.25) is 5.02 Å². The van der Waals surface area contributed by atoms with Crippen molar-refractivity contribution in [3.8, 4) is 5.75 Å². The molecule has 0 heterocycles. The fourth-order valence-electron chi connectivity index (χ4n) is 1.07. The smallest absolute Gasteiger partial charge is 0.309 e. The molecule has 0 bridgehead atoms. The number of rotatable bonds is 5. The Morgan fingerprint density at radius 1 is 1.50 bits per heavy atom. The highest BCUT2D eigenvalue weighted by molar-refractivity contribution is 9.10. The van der Waals surface area contributed by atoms with Crippen LogP contribution in [0.1, 0.15) is 13.3 Å². The van der Waals surface area contributed by atoms with Gasteiger partial charge in [0, 0.05) is 5.02 Å². The maximum absolute atomic E-state index is 11.0. The molecule has 3 nitrogen and oxygen atoms in total. The SMILES string of the molecule is CCOC(=O)CCOc1ccc(Cl)cc1Br. The van der Waals surface area contributed by atoms with Crippen molar-refractivity contribution in [3.05, 3.63) is 27.7 Å². The Labute approximate surface area is 108 Å². The first-order chi connectivity index (χ1) is 7.63. The Bertz CT molecular complexity index is 368. The average molecular weight is 308 g/mol. The lowest BCUT2D eigenvalue weighted by atomic mass is 10.3. The monoisotopic (exact) mass is 306 g/mol. The summed E-state index contributed by atoms with van der Waals surface area (Å²) in [6, 6.07) is 5.21. The molecule has 5 heteroatoms. The average Bonchev–Trinajstić information content (AvgIpc) is 2.22. The Hall–Kier alpha value is -0.740. The molecule has 0 N–H and O–H groups in total. The lowest BCUT2D eigenvalue weighted by Gasteiger charge is -2.07. The highest BCUT2D eigenvalue weighted by Crippen LogP contribution is 2.27. The third-order valence-corrected chi connectivity index (χ3v) is 2.62. The molecule has 0 aliphatic rings. The normalized spacial score (nSPS) is 9.94. The van der Waals surface area contributed by atoms with Gasteiger partial charge in [-0.15, -0.1) is 0 Å². The molecule has 0 saturated heterocycles. The molecule has 0 aliphatic carbocycles. The van der Waals surface area contributed by atoms with E-state index in [2.05, 4.69) is 15.9 Å². The summed E-state index contributed by atoms with van der Waals surface area (Å²) in [5.74, 6) is 0.404. The first-order valence-electron chi connectivity index (χ1n) is 4.87. The molecular weight excluding hydrogens is 295 g/mol. The van der Waals surface area contributed by atoms with Gasteiger partial charge >= 0.3 is 5.97 Å². The van der Waals surface area contributed by atoms with E-state index >= 15 is 0 Å². The van der Waals surface area contributed by atoms with Crippen LogP contribution < -0.4 is 4.74 Å². The van der Waals surface area contributed by atoms with Crippen LogP contribution in [-0.2, 0) is 9.53 Å². The van der Waals surface area contributed by atoms with Crippen molar-refractivity contribution in [1.29, 1.82) is 0 Å². The molecule has 0 unspecified atom stereocenters. The second kappa shape index (κ2) is 6.76. The van der Waals surface area contributed by atoms with Gasteiger partial charge < -0.3 is 9.47 Å². The van der Waals surface area contributed by atoms with Crippen LogP contribution in [-0.4, -0.2) is 19.2 Å². The van der Waals surface area contributed by atoms with E-state index in [1.165, 1.54) is 0 Å². The Morgan fingerprint density at radius 3 is 2.88 bits per heavy atom. The fraction of sp³-hybridized carbons (Fsp3) is 0.364. The highest BCUT2D eigenvalue weighted by Gasteiger charge is 2.05. The van der Waals surface area contributed by atoms with Crippen LogP contribution in [0.4, 0.5) is 0 Å². The van der Waals surface area contributed by atoms with E-state index in [4.69, 9.17) is 21.1 Å².